The van der Waals surface area contributed by atoms with Gasteiger partial charge in [-0.2, -0.15) is 0 Å². The molecular weight excluding hydrogens is 361 g/mol. The molecule has 2 aromatic rings. The molecule has 0 saturated carbocycles. The molecule has 2 rings (SSSR count). The standard InChI is InChI=1S/C13H13ClIN3/c1-3-6-18-8-9(2)16-13(18)17-12-5-4-10(14)7-11(12)15/h3-5,7-8H,1,6H2,2H3,(H,16,17). The highest BCUT2D eigenvalue weighted by Crippen LogP contribution is 2.25. The lowest BCUT2D eigenvalue weighted by molar-refractivity contribution is 0.832. The summed E-state index contributed by atoms with van der Waals surface area (Å²) in [4.78, 5) is 4.46. The number of benzene rings is 1. The van der Waals surface area contributed by atoms with Gasteiger partial charge in [-0.25, -0.2) is 4.98 Å². The van der Waals surface area contributed by atoms with E-state index in [1.807, 2.05) is 42.0 Å². The number of nitrogens with one attached hydrogen (secondary N) is 1. The lowest BCUT2D eigenvalue weighted by Crippen LogP contribution is -2.02. The minimum atomic E-state index is 0.730. The fraction of sp³-hybridized carbons (Fsp3) is 0.154. The number of aromatic nitrogens is 2. The minimum Gasteiger partial charge on any atom is -0.325 e. The Balaban J connectivity index is 2.30. The summed E-state index contributed by atoms with van der Waals surface area (Å²) in [6.45, 7) is 6.45. The summed E-state index contributed by atoms with van der Waals surface area (Å²) < 4.78 is 3.08. The van der Waals surface area contributed by atoms with Crippen molar-refractivity contribution in [1.82, 2.24) is 9.55 Å². The van der Waals surface area contributed by atoms with Gasteiger partial charge in [0.15, 0.2) is 0 Å². The van der Waals surface area contributed by atoms with Crippen LogP contribution in [0.4, 0.5) is 11.6 Å². The van der Waals surface area contributed by atoms with Crippen LogP contribution in [0.1, 0.15) is 5.69 Å². The highest BCUT2D eigenvalue weighted by molar-refractivity contribution is 14.1. The summed E-state index contributed by atoms with van der Waals surface area (Å²) in [6, 6.07) is 5.73. The summed E-state index contributed by atoms with van der Waals surface area (Å²) in [6.07, 6.45) is 3.84. The Bertz CT molecular complexity index is 578. The number of nitrogens with zero attached hydrogens (tertiary/aromatic N) is 2. The monoisotopic (exact) mass is 373 g/mol. The van der Waals surface area contributed by atoms with Crippen molar-refractivity contribution in [2.75, 3.05) is 5.32 Å². The maximum Gasteiger partial charge on any atom is 0.207 e. The Morgan fingerprint density at radius 3 is 3.00 bits per heavy atom. The predicted octanol–water partition coefficient (Wildman–Crippen LogP) is 4.38. The molecule has 0 aliphatic rings. The van der Waals surface area contributed by atoms with Gasteiger partial charge in [-0.15, -0.1) is 6.58 Å². The molecule has 94 valence electrons. The van der Waals surface area contributed by atoms with Gasteiger partial charge in [-0.3, -0.25) is 0 Å². The van der Waals surface area contributed by atoms with Gasteiger partial charge in [-0.1, -0.05) is 17.7 Å². The van der Waals surface area contributed by atoms with E-state index < -0.39 is 0 Å². The van der Waals surface area contributed by atoms with E-state index in [9.17, 15) is 0 Å². The van der Waals surface area contributed by atoms with Crippen LogP contribution >= 0.6 is 34.2 Å². The zero-order valence-electron chi connectivity index (χ0n) is 9.95. The molecular formula is C13H13ClIN3. The van der Waals surface area contributed by atoms with Crippen LogP contribution in [0.5, 0.6) is 0 Å². The maximum atomic E-state index is 5.94. The first kappa shape index (κ1) is 13.4. The normalized spacial score (nSPS) is 10.4. The maximum absolute atomic E-state index is 5.94. The topological polar surface area (TPSA) is 29.9 Å². The fourth-order valence-electron chi connectivity index (χ4n) is 1.64. The third-order valence-corrected chi connectivity index (χ3v) is 3.53. The lowest BCUT2D eigenvalue weighted by Gasteiger charge is -2.09. The molecule has 1 heterocycles. The number of halogens is 2. The van der Waals surface area contributed by atoms with E-state index in [4.69, 9.17) is 11.6 Å². The van der Waals surface area contributed by atoms with E-state index in [1.54, 1.807) is 0 Å². The average molecular weight is 374 g/mol. The van der Waals surface area contributed by atoms with Crippen molar-refractivity contribution in [1.29, 1.82) is 0 Å². The number of rotatable bonds is 4. The molecule has 0 amide bonds. The molecule has 0 unspecified atom stereocenters. The Labute approximate surface area is 125 Å². The van der Waals surface area contributed by atoms with Crippen molar-refractivity contribution in [2.45, 2.75) is 13.5 Å². The molecule has 0 atom stereocenters. The van der Waals surface area contributed by atoms with Gasteiger partial charge < -0.3 is 9.88 Å². The smallest absolute Gasteiger partial charge is 0.207 e. The number of hydrogen-bond donors (Lipinski definition) is 1. The van der Waals surface area contributed by atoms with Gasteiger partial charge in [0, 0.05) is 21.3 Å². The van der Waals surface area contributed by atoms with Gasteiger partial charge in [0.25, 0.3) is 0 Å². The minimum absolute atomic E-state index is 0.730. The summed E-state index contributed by atoms with van der Waals surface area (Å²) in [7, 11) is 0. The number of anilines is 2. The van der Waals surface area contributed by atoms with Gasteiger partial charge >= 0.3 is 0 Å². The van der Waals surface area contributed by atoms with E-state index in [2.05, 4.69) is 39.5 Å². The molecule has 1 aromatic carbocycles. The number of allylic oxidation sites excluding steroid dienone is 1. The molecule has 3 nitrogen and oxygen atoms in total. The van der Waals surface area contributed by atoms with Crippen molar-refractivity contribution in [3.05, 3.63) is 51.3 Å². The molecule has 0 saturated heterocycles. The van der Waals surface area contributed by atoms with Crippen LogP contribution in [0.3, 0.4) is 0 Å². The molecule has 1 N–H and O–H groups in total. The van der Waals surface area contributed by atoms with Gasteiger partial charge in [0.2, 0.25) is 5.95 Å². The summed E-state index contributed by atoms with van der Waals surface area (Å²) in [5, 5.41) is 4.04. The highest BCUT2D eigenvalue weighted by atomic mass is 127. The summed E-state index contributed by atoms with van der Waals surface area (Å²) in [5.41, 5.74) is 1.97. The van der Waals surface area contributed by atoms with Crippen molar-refractivity contribution in [2.24, 2.45) is 0 Å². The Hall–Kier alpha value is -1.01. The number of aryl methyl sites for hydroxylation is 1. The van der Waals surface area contributed by atoms with E-state index in [1.165, 1.54) is 0 Å². The van der Waals surface area contributed by atoms with Crippen molar-refractivity contribution >= 4 is 45.8 Å². The average Bonchev–Trinajstić information content (AvgIpc) is 2.64. The van der Waals surface area contributed by atoms with Crippen molar-refractivity contribution in [3.63, 3.8) is 0 Å². The predicted molar refractivity (Wildman–Crippen MR) is 84.6 cm³/mol. The van der Waals surface area contributed by atoms with Crippen molar-refractivity contribution < 1.29 is 0 Å². The van der Waals surface area contributed by atoms with Crippen LogP contribution in [-0.2, 0) is 6.54 Å². The number of imidazole rings is 1. The van der Waals surface area contributed by atoms with E-state index in [-0.39, 0.29) is 0 Å². The lowest BCUT2D eigenvalue weighted by atomic mass is 10.3. The molecule has 0 spiro atoms. The second-order valence-corrected chi connectivity index (χ2v) is 5.49. The molecule has 18 heavy (non-hydrogen) atoms. The number of hydrogen-bond acceptors (Lipinski definition) is 2. The first-order valence-electron chi connectivity index (χ1n) is 5.47. The fourth-order valence-corrected chi connectivity index (χ4v) is 2.64. The van der Waals surface area contributed by atoms with Crippen LogP contribution in [0.25, 0.3) is 0 Å². The highest BCUT2D eigenvalue weighted by Gasteiger charge is 2.07. The molecule has 0 aliphatic carbocycles. The Morgan fingerprint density at radius 2 is 2.33 bits per heavy atom. The van der Waals surface area contributed by atoms with Crippen LogP contribution in [0.2, 0.25) is 5.02 Å². The molecule has 1 aromatic heterocycles. The molecule has 0 bridgehead atoms. The first-order valence-corrected chi connectivity index (χ1v) is 6.92. The second-order valence-electron chi connectivity index (χ2n) is 3.90. The molecule has 5 heteroatoms. The first-order chi connectivity index (χ1) is 8.60. The largest absolute Gasteiger partial charge is 0.325 e. The van der Waals surface area contributed by atoms with Gasteiger partial charge in [-0.05, 0) is 47.7 Å². The van der Waals surface area contributed by atoms with Gasteiger partial charge in [0.1, 0.15) is 0 Å². The Kier molecular flexibility index (Phi) is 4.29. The van der Waals surface area contributed by atoms with Crippen LogP contribution < -0.4 is 5.32 Å². The van der Waals surface area contributed by atoms with Gasteiger partial charge in [0.05, 0.1) is 11.4 Å². The second kappa shape index (κ2) is 5.75. The molecule has 0 fully saturated rings. The zero-order valence-corrected chi connectivity index (χ0v) is 12.9. The van der Waals surface area contributed by atoms with Crippen molar-refractivity contribution in [3.8, 4) is 0 Å². The van der Waals surface area contributed by atoms with E-state index in [0.29, 0.717) is 0 Å². The van der Waals surface area contributed by atoms with Crippen LogP contribution in [0, 0.1) is 10.5 Å². The Morgan fingerprint density at radius 1 is 1.56 bits per heavy atom. The van der Waals surface area contributed by atoms with E-state index in [0.717, 1.165) is 32.5 Å². The quantitative estimate of drug-likeness (QED) is 0.637. The third kappa shape index (κ3) is 3.05. The van der Waals surface area contributed by atoms with Crippen LogP contribution in [-0.4, -0.2) is 9.55 Å². The zero-order chi connectivity index (χ0) is 13.1. The summed E-state index contributed by atoms with van der Waals surface area (Å²) >= 11 is 8.19. The summed E-state index contributed by atoms with van der Waals surface area (Å²) in [5.74, 6) is 0.813. The molecule has 0 aliphatic heterocycles. The van der Waals surface area contributed by atoms with Crippen LogP contribution in [0.15, 0.2) is 37.1 Å². The molecule has 0 radical (unpaired) electrons. The third-order valence-electron chi connectivity index (χ3n) is 2.40. The van der Waals surface area contributed by atoms with E-state index >= 15 is 0 Å². The SMILES string of the molecule is C=CCn1cc(C)nc1Nc1ccc(Cl)cc1I.